The van der Waals surface area contributed by atoms with Crippen molar-refractivity contribution in [2.75, 3.05) is 59.5 Å². The molecule has 0 amide bonds. The highest BCUT2D eigenvalue weighted by Gasteiger charge is 2.27. The van der Waals surface area contributed by atoms with E-state index in [0.717, 1.165) is 13.1 Å². The molecule has 0 bridgehead atoms. The molecule has 0 radical (unpaired) electrons. The van der Waals surface area contributed by atoms with Crippen LogP contribution in [-0.4, -0.2) is 86.2 Å². The summed E-state index contributed by atoms with van der Waals surface area (Å²) in [4.78, 5) is 18.7. The van der Waals surface area contributed by atoms with Crippen molar-refractivity contribution >= 4 is 5.97 Å². The zero-order chi connectivity index (χ0) is 13.7. The molecular weight excluding hydrogens is 242 g/mol. The van der Waals surface area contributed by atoms with Gasteiger partial charge in [0.15, 0.2) is 0 Å². The van der Waals surface area contributed by atoms with Crippen molar-refractivity contribution in [3.63, 3.8) is 0 Å². The molecule has 0 aromatic rings. The average molecular weight is 269 g/mol. The van der Waals surface area contributed by atoms with Crippen LogP contribution in [0.4, 0.5) is 0 Å². The number of hydrogen-bond donors (Lipinski definition) is 0. The summed E-state index contributed by atoms with van der Waals surface area (Å²) in [5.74, 6) is -0.0828. The number of nitrogens with zero attached hydrogens (tertiary/aromatic N) is 3. The molecule has 2 heterocycles. The molecule has 110 valence electrons. The van der Waals surface area contributed by atoms with Crippen molar-refractivity contribution in [1.82, 2.24) is 14.7 Å². The number of carbonyl (C=O) groups is 1. The molecule has 0 aromatic carbocycles. The van der Waals surface area contributed by atoms with E-state index in [1.807, 2.05) is 6.92 Å². The third-order valence-electron chi connectivity index (χ3n) is 4.27. The van der Waals surface area contributed by atoms with Crippen LogP contribution in [0.2, 0.25) is 0 Å². The first-order valence-electron chi connectivity index (χ1n) is 7.49. The van der Waals surface area contributed by atoms with Crippen molar-refractivity contribution in [1.29, 1.82) is 0 Å². The van der Waals surface area contributed by atoms with Gasteiger partial charge in [-0.3, -0.25) is 14.6 Å². The van der Waals surface area contributed by atoms with E-state index in [1.54, 1.807) is 0 Å². The van der Waals surface area contributed by atoms with E-state index in [9.17, 15) is 4.79 Å². The molecule has 0 unspecified atom stereocenters. The predicted molar refractivity (Wildman–Crippen MR) is 75.2 cm³/mol. The van der Waals surface area contributed by atoms with Crippen molar-refractivity contribution in [3.8, 4) is 0 Å². The number of likely N-dealkylation sites (N-methyl/N-ethyl adjacent to an activating group) is 1. The molecule has 0 saturated carbocycles. The number of ether oxygens (including phenoxy) is 1. The summed E-state index contributed by atoms with van der Waals surface area (Å²) in [6.45, 7) is 9.60. The Morgan fingerprint density at radius 1 is 1.11 bits per heavy atom. The van der Waals surface area contributed by atoms with Gasteiger partial charge in [0.2, 0.25) is 0 Å². The highest BCUT2D eigenvalue weighted by Crippen LogP contribution is 2.17. The number of hydrogen-bond acceptors (Lipinski definition) is 5. The van der Waals surface area contributed by atoms with Crippen molar-refractivity contribution in [3.05, 3.63) is 0 Å². The molecule has 5 nitrogen and oxygen atoms in total. The molecule has 19 heavy (non-hydrogen) atoms. The van der Waals surface area contributed by atoms with Gasteiger partial charge in [-0.15, -0.1) is 0 Å². The quantitative estimate of drug-likeness (QED) is 0.684. The number of carbonyl (C=O) groups excluding carboxylic acids is 1. The Morgan fingerprint density at radius 2 is 1.74 bits per heavy atom. The number of rotatable bonds is 4. The van der Waals surface area contributed by atoms with E-state index < -0.39 is 0 Å². The maximum Gasteiger partial charge on any atom is 0.320 e. The van der Waals surface area contributed by atoms with E-state index >= 15 is 0 Å². The second-order valence-corrected chi connectivity index (χ2v) is 5.65. The lowest BCUT2D eigenvalue weighted by Crippen LogP contribution is -2.52. The molecule has 0 aromatic heterocycles. The van der Waals surface area contributed by atoms with E-state index in [1.165, 1.54) is 39.0 Å². The zero-order valence-corrected chi connectivity index (χ0v) is 12.3. The number of piperazine rings is 1. The van der Waals surface area contributed by atoms with Crippen LogP contribution in [0.25, 0.3) is 0 Å². The highest BCUT2D eigenvalue weighted by molar-refractivity contribution is 5.71. The molecule has 2 aliphatic rings. The molecule has 0 aliphatic carbocycles. The molecule has 0 N–H and O–H groups in total. The van der Waals surface area contributed by atoms with Crippen molar-refractivity contribution in [2.24, 2.45) is 0 Å². The maximum atomic E-state index is 11.5. The summed E-state index contributed by atoms with van der Waals surface area (Å²) >= 11 is 0. The zero-order valence-electron chi connectivity index (χ0n) is 12.3. The third-order valence-corrected chi connectivity index (χ3v) is 4.27. The van der Waals surface area contributed by atoms with Crippen LogP contribution < -0.4 is 0 Å². The molecule has 0 atom stereocenters. The van der Waals surface area contributed by atoms with Crippen LogP contribution in [0.15, 0.2) is 0 Å². The fourth-order valence-corrected chi connectivity index (χ4v) is 3.02. The van der Waals surface area contributed by atoms with Gasteiger partial charge >= 0.3 is 5.97 Å². The Labute approximate surface area is 116 Å². The normalized spacial score (nSPS) is 24.5. The van der Waals surface area contributed by atoms with Gasteiger partial charge in [0.25, 0.3) is 0 Å². The van der Waals surface area contributed by atoms with Crippen molar-refractivity contribution < 1.29 is 9.53 Å². The molecular formula is C14H27N3O2. The Balaban J connectivity index is 1.69. The Hall–Kier alpha value is -0.650. The molecule has 2 aliphatic heterocycles. The average Bonchev–Trinajstić information content (AvgIpc) is 2.41. The minimum atomic E-state index is -0.0828. The van der Waals surface area contributed by atoms with Gasteiger partial charge in [0, 0.05) is 45.3 Å². The van der Waals surface area contributed by atoms with E-state index in [2.05, 4.69) is 21.7 Å². The summed E-state index contributed by atoms with van der Waals surface area (Å²) in [5, 5.41) is 0. The summed E-state index contributed by atoms with van der Waals surface area (Å²) in [6.07, 6.45) is 2.37. The number of likely N-dealkylation sites (tertiary alicyclic amines) is 1. The monoisotopic (exact) mass is 269 g/mol. The summed E-state index contributed by atoms with van der Waals surface area (Å²) in [7, 11) is 2.19. The predicted octanol–water partition coefficient (Wildman–Crippen LogP) is 0.261. The first kappa shape index (κ1) is 14.8. The third kappa shape index (κ3) is 4.44. The van der Waals surface area contributed by atoms with Crippen LogP contribution in [0.5, 0.6) is 0 Å². The second-order valence-electron chi connectivity index (χ2n) is 5.65. The van der Waals surface area contributed by atoms with Gasteiger partial charge in [-0.05, 0) is 26.8 Å². The molecule has 2 saturated heterocycles. The Kier molecular flexibility index (Phi) is 5.60. The van der Waals surface area contributed by atoms with Gasteiger partial charge in [-0.1, -0.05) is 0 Å². The minimum absolute atomic E-state index is 0.0828. The maximum absolute atomic E-state index is 11.5. The minimum Gasteiger partial charge on any atom is -0.465 e. The first-order valence-corrected chi connectivity index (χ1v) is 7.49. The molecule has 2 rings (SSSR count). The van der Waals surface area contributed by atoms with Crippen LogP contribution in [0.3, 0.4) is 0 Å². The van der Waals surface area contributed by atoms with E-state index in [-0.39, 0.29) is 5.97 Å². The van der Waals surface area contributed by atoms with E-state index in [0.29, 0.717) is 19.2 Å². The summed E-state index contributed by atoms with van der Waals surface area (Å²) < 4.78 is 5.00. The number of piperidine rings is 1. The Morgan fingerprint density at radius 3 is 2.32 bits per heavy atom. The lowest BCUT2D eigenvalue weighted by molar-refractivity contribution is -0.144. The number of esters is 1. The second kappa shape index (κ2) is 7.22. The summed E-state index contributed by atoms with van der Waals surface area (Å²) in [6, 6.07) is 0.715. The van der Waals surface area contributed by atoms with Gasteiger partial charge < -0.3 is 9.64 Å². The van der Waals surface area contributed by atoms with Gasteiger partial charge in [0.05, 0.1) is 13.2 Å². The standard InChI is InChI=1S/C14H27N3O2/c1-3-19-14(18)12-16-6-4-13(5-7-16)17-10-8-15(2)9-11-17/h13H,3-12H2,1-2H3. The lowest BCUT2D eigenvalue weighted by atomic mass is 10.0. The van der Waals surface area contributed by atoms with Crippen LogP contribution in [0.1, 0.15) is 19.8 Å². The fraction of sp³-hybridized carbons (Fsp3) is 0.929. The van der Waals surface area contributed by atoms with E-state index in [4.69, 9.17) is 4.74 Å². The Bertz CT molecular complexity index is 282. The fourth-order valence-electron chi connectivity index (χ4n) is 3.02. The van der Waals surface area contributed by atoms with Crippen molar-refractivity contribution in [2.45, 2.75) is 25.8 Å². The lowest BCUT2D eigenvalue weighted by Gasteiger charge is -2.41. The van der Waals surface area contributed by atoms with Gasteiger partial charge in [0.1, 0.15) is 0 Å². The van der Waals surface area contributed by atoms with Crippen LogP contribution in [-0.2, 0) is 9.53 Å². The van der Waals surface area contributed by atoms with Crippen LogP contribution >= 0.6 is 0 Å². The van der Waals surface area contributed by atoms with Gasteiger partial charge in [-0.25, -0.2) is 0 Å². The molecule has 2 fully saturated rings. The SMILES string of the molecule is CCOC(=O)CN1CCC(N2CCN(C)CC2)CC1. The summed E-state index contributed by atoms with van der Waals surface area (Å²) in [5.41, 5.74) is 0. The smallest absolute Gasteiger partial charge is 0.320 e. The molecule has 0 spiro atoms. The largest absolute Gasteiger partial charge is 0.465 e. The topological polar surface area (TPSA) is 36.0 Å². The van der Waals surface area contributed by atoms with Crippen LogP contribution in [0, 0.1) is 0 Å². The van der Waals surface area contributed by atoms with Gasteiger partial charge in [-0.2, -0.15) is 0 Å². The highest BCUT2D eigenvalue weighted by atomic mass is 16.5. The molecule has 5 heteroatoms. The first-order chi connectivity index (χ1) is 9.19.